The zero-order valence-corrected chi connectivity index (χ0v) is 10.6. The first kappa shape index (κ1) is 13.0. The van der Waals surface area contributed by atoms with Gasteiger partial charge in [-0.15, -0.1) is 0 Å². The van der Waals surface area contributed by atoms with Gasteiger partial charge in [-0.3, -0.25) is 9.69 Å². The smallest absolute Gasteiger partial charge is 0.291 e. The summed E-state index contributed by atoms with van der Waals surface area (Å²) in [6.45, 7) is 5.70. The molecule has 18 heavy (non-hydrogen) atoms. The molecule has 0 spiro atoms. The number of aromatic nitrogens is 1. The topological polar surface area (TPSA) is 69.8 Å². The van der Waals surface area contributed by atoms with Gasteiger partial charge in [0.25, 0.3) is 5.91 Å². The van der Waals surface area contributed by atoms with Gasteiger partial charge in [0.2, 0.25) is 5.76 Å². The Balaban J connectivity index is 1.98. The first-order valence-electron chi connectivity index (χ1n) is 6.25. The molecule has 100 valence electrons. The number of rotatable bonds is 3. The number of aliphatic hydroxyl groups is 1. The maximum atomic E-state index is 12.2. The fourth-order valence-corrected chi connectivity index (χ4v) is 2.19. The van der Waals surface area contributed by atoms with Crippen molar-refractivity contribution in [3.63, 3.8) is 0 Å². The van der Waals surface area contributed by atoms with Crippen LogP contribution in [0.4, 0.5) is 0 Å². The molecule has 0 unspecified atom stereocenters. The lowest BCUT2D eigenvalue weighted by Gasteiger charge is -2.20. The molecular formula is C12H19N3O3. The molecule has 0 aliphatic carbocycles. The summed E-state index contributed by atoms with van der Waals surface area (Å²) in [6, 6.07) is 0. The van der Waals surface area contributed by atoms with E-state index < -0.39 is 0 Å². The van der Waals surface area contributed by atoms with E-state index in [1.165, 1.54) is 6.39 Å². The van der Waals surface area contributed by atoms with E-state index in [2.05, 4.69) is 9.88 Å². The third-order valence-corrected chi connectivity index (χ3v) is 3.23. The van der Waals surface area contributed by atoms with Gasteiger partial charge >= 0.3 is 0 Å². The zero-order valence-electron chi connectivity index (χ0n) is 10.6. The maximum Gasteiger partial charge on any atom is 0.291 e. The Morgan fingerprint density at radius 2 is 2.28 bits per heavy atom. The lowest BCUT2D eigenvalue weighted by atomic mass is 10.3. The van der Waals surface area contributed by atoms with Crippen molar-refractivity contribution in [3.05, 3.63) is 17.8 Å². The second-order valence-electron chi connectivity index (χ2n) is 4.48. The first-order chi connectivity index (χ1) is 8.72. The molecule has 1 aliphatic rings. The molecule has 6 heteroatoms. The van der Waals surface area contributed by atoms with E-state index in [-0.39, 0.29) is 12.5 Å². The Morgan fingerprint density at radius 3 is 2.94 bits per heavy atom. The summed E-state index contributed by atoms with van der Waals surface area (Å²) in [5.74, 6) is 0.251. The maximum absolute atomic E-state index is 12.2. The van der Waals surface area contributed by atoms with Crippen molar-refractivity contribution >= 4 is 5.91 Å². The quantitative estimate of drug-likeness (QED) is 0.828. The molecule has 0 aromatic carbocycles. The third kappa shape index (κ3) is 2.88. The van der Waals surface area contributed by atoms with Crippen LogP contribution in [0.25, 0.3) is 0 Å². The van der Waals surface area contributed by atoms with Gasteiger partial charge in [0.1, 0.15) is 0 Å². The second kappa shape index (κ2) is 5.97. The summed E-state index contributed by atoms with van der Waals surface area (Å²) in [6.07, 6.45) is 2.22. The molecule has 1 aromatic heterocycles. The van der Waals surface area contributed by atoms with E-state index in [9.17, 15) is 4.79 Å². The predicted molar refractivity (Wildman–Crippen MR) is 65.3 cm³/mol. The second-order valence-corrected chi connectivity index (χ2v) is 4.48. The van der Waals surface area contributed by atoms with E-state index in [0.717, 1.165) is 26.1 Å². The van der Waals surface area contributed by atoms with Crippen molar-refractivity contribution in [2.75, 3.05) is 39.3 Å². The monoisotopic (exact) mass is 253 g/mol. The Morgan fingerprint density at radius 1 is 1.44 bits per heavy atom. The number of β-amino-alcohol motifs (C(OH)–C–C–N with tert-alkyl or cyclic N) is 1. The standard InChI is InChI=1S/C12H19N3O3/c1-10-11(18-9-13-10)12(17)15-4-2-3-14(5-6-15)7-8-16/h9,16H,2-8H2,1H3. The number of oxazole rings is 1. The van der Waals surface area contributed by atoms with Crippen molar-refractivity contribution in [2.45, 2.75) is 13.3 Å². The number of carbonyl (C=O) groups is 1. The SMILES string of the molecule is Cc1ncoc1C(=O)N1CCCN(CCO)CC1. The summed E-state index contributed by atoms with van der Waals surface area (Å²) in [5, 5.41) is 8.93. The average molecular weight is 253 g/mol. The van der Waals surface area contributed by atoms with Gasteiger partial charge in [-0.1, -0.05) is 0 Å². The van der Waals surface area contributed by atoms with E-state index in [0.29, 0.717) is 24.5 Å². The molecule has 1 aromatic rings. The Hall–Kier alpha value is -1.40. The third-order valence-electron chi connectivity index (χ3n) is 3.23. The number of hydrogen-bond acceptors (Lipinski definition) is 5. The van der Waals surface area contributed by atoms with Gasteiger partial charge < -0.3 is 14.4 Å². The summed E-state index contributed by atoms with van der Waals surface area (Å²) < 4.78 is 5.14. The molecule has 0 atom stereocenters. The van der Waals surface area contributed by atoms with E-state index >= 15 is 0 Å². The van der Waals surface area contributed by atoms with Crippen molar-refractivity contribution in [2.24, 2.45) is 0 Å². The van der Waals surface area contributed by atoms with Crippen molar-refractivity contribution < 1.29 is 14.3 Å². The van der Waals surface area contributed by atoms with Crippen LogP contribution in [0.1, 0.15) is 22.7 Å². The lowest BCUT2D eigenvalue weighted by molar-refractivity contribution is 0.0727. The summed E-state index contributed by atoms with van der Waals surface area (Å²) in [4.78, 5) is 20.1. The van der Waals surface area contributed by atoms with Crippen LogP contribution in [0, 0.1) is 6.92 Å². The molecule has 2 rings (SSSR count). The van der Waals surface area contributed by atoms with Gasteiger partial charge in [-0.25, -0.2) is 4.98 Å². The number of nitrogens with zero attached hydrogens (tertiary/aromatic N) is 3. The Kier molecular flexibility index (Phi) is 4.33. The van der Waals surface area contributed by atoms with Gasteiger partial charge in [0.05, 0.1) is 12.3 Å². The number of carbonyl (C=O) groups excluding carboxylic acids is 1. The van der Waals surface area contributed by atoms with Gasteiger partial charge in [-0.05, 0) is 19.9 Å². The molecule has 0 saturated carbocycles. The minimum absolute atomic E-state index is 0.0872. The fourth-order valence-electron chi connectivity index (χ4n) is 2.19. The van der Waals surface area contributed by atoms with E-state index in [1.54, 1.807) is 11.8 Å². The lowest BCUT2D eigenvalue weighted by Crippen LogP contribution is -2.36. The molecule has 1 amide bonds. The molecule has 1 saturated heterocycles. The highest BCUT2D eigenvalue weighted by Crippen LogP contribution is 2.11. The highest BCUT2D eigenvalue weighted by molar-refractivity contribution is 5.92. The highest BCUT2D eigenvalue weighted by atomic mass is 16.3. The van der Waals surface area contributed by atoms with Crippen LogP contribution < -0.4 is 0 Å². The van der Waals surface area contributed by atoms with Crippen LogP contribution in [0.3, 0.4) is 0 Å². The minimum Gasteiger partial charge on any atom is -0.438 e. The molecule has 0 bridgehead atoms. The van der Waals surface area contributed by atoms with E-state index in [4.69, 9.17) is 9.52 Å². The fraction of sp³-hybridized carbons (Fsp3) is 0.667. The summed E-state index contributed by atoms with van der Waals surface area (Å²) in [5.41, 5.74) is 0.636. The van der Waals surface area contributed by atoms with Crippen molar-refractivity contribution in [1.29, 1.82) is 0 Å². The number of aliphatic hydroxyl groups excluding tert-OH is 1. The highest BCUT2D eigenvalue weighted by Gasteiger charge is 2.23. The predicted octanol–water partition coefficient (Wildman–Crippen LogP) is 0.123. The summed E-state index contributed by atoms with van der Waals surface area (Å²) >= 11 is 0. The molecule has 1 N–H and O–H groups in total. The van der Waals surface area contributed by atoms with Gasteiger partial charge in [-0.2, -0.15) is 0 Å². The molecule has 0 radical (unpaired) electrons. The number of aryl methyl sites for hydroxylation is 1. The normalized spacial score (nSPS) is 17.8. The minimum atomic E-state index is -0.0872. The molecule has 1 aliphatic heterocycles. The molecule has 6 nitrogen and oxygen atoms in total. The van der Waals surface area contributed by atoms with Crippen molar-refractivity contribution in [1.82, 2.24) is 14.8 Å². The molecular weight excluding hydrogens is 234 g/mol. The molecule has 1 fully saturated rings. The summed E-state index contributed by atoms with van der Waals surface area (Å²) in [7, 11) is 0. The van der Waals surface area contributed by atoms with Gasteiger partial charge in [0.15, 0.2) is 6.39 Å². The zero-order chi connectivity index (χ0) is 13.0. The van der Waals surface area contributed by atoms with Crippen molar-refractivity contribution in [3.8, 4) is 0 Å². The van der Waals surface area contributed by atoms with Crippen LogP contribution >= 0.6 is 0 Å². The van der Waals surface area contributed by atoms with Crippen LogP contribution in [0.2, 0.25) is 0 Å². The first-order valence-corrected chi connectivity index (χ1v) is 6.25. The van der Waals surface area contributed by atoms with Crippen LogP contribution in [0.5, 0.6) is 0 Å². The number of hydrogen-bond donors (Lipinski definition) is 1. The largest absolute Gasteiger partial charge is 0.438 e. The Bertz CT molecular complexity index is 405. The van der Waals surface area contributed by atoms with Crippen LogP contribution in [-0.2, 0) is 0 Å². The average Bonchev–Trinajstić information content (AvgIpc) is 2.64. The van der Waals surface area contributed by atoms with Gasteiger partial charge in [0, 0.05) is 26.2 Å². The van der Waals surface area contributed by atoms with Crippen LogP contribution in [-0.4, -0.2) is 65.1 Å². The molecule has 2 heterocycles. The van der Waals surface area contributed by atoms with Crippen LogP contribution in [0.15, 0.2) is 10.8 Å². The van der Waals surface area contributed by atoms with E-state index in [1.807, 2.05) is 0 Å². The number of amides is 1. The Labute approximate surface area is 106 Å².